The fourth-order valence-corrected chi connectivity index (χ4v) is 2.62. The van der Waals surface area contributed by atoms with Gasteiger partial charge in [-0.1, -0.05) is 24.3 Å². The number of nitrogens with one attached hydrogen (secondary N) is 1. The van der Waals surface area contributed by atoms with Crippen molar-refractivity contribution in [1.29, 1.82) is 0 Å². The van der Waals surface area contributed by atoms with Crippen molar-refractivity contribution >= 4 is 18.5 Å². The third kappa shape index (κ3) is 1.72. The predicted molar refractivity (Wildman–Crippen MR) is 69.8 cm³/mol. The van der Waals surface area contributed by atoms with E-state index in [1.807, 2.05) is 12.2 Å². The fraction of sp³-hybridized carbons (Fsp3) is 0.385. The molecule has 3 rings (SSSR count). The second-order valence-electron chi connectivity index (χ2n) is 4.39. The maximum absolute atomic E-state index is 6.10. The first-order valence-electron chi connectivity index (χ1n) is 5.70. The first kappa shape index (κ1) is 11.5. The summed E-state index contributed by atoms with van der Waals surface area (Å²) >= 11 is 0. The molecule has 0 radical (unpaired) electrons. The van der Waals surface area contributed by atoms with Gasteiger partial charge in [0.2, 0.25) is 0 Å². The van der Waals surface area contributed by atoms with Crippen molar-refractivity contribution in [2.45, 2.75) is 31.7 Å². The van der Waals surface area contributed by atoms with Crippen LogP contribution in [0.4, 0.5) is 0 Å². The summed E-state index contributed by atoms with van der Waals surface area (Å²) in [5.41, 5.74) is 11.6. The topological polar surface area (TPSA) is 41.8 Å². The van der Waals surface area contributed by atoms with Crippen molar-refractivity contribution in [1.82, 2.24) is 4.98 Å². The molecule has 1 aromatic rings. The van der Waals surface area contributed by atoms with E-state index in [1.165, 1.54) is 48.2 Å². The van der Waals surface area contributed by atoms with Gasteiger partial charge in [0.25, 0.3) is 0 Å². The van der Waals surface area contributed by atoms with E-state index in [2.05, 4.69) is 17.1 Å². The van der Waals surface area contributed by atoms with Crippen LogP contribution in [0.3, 0.4) is 0 Å². The second kappa shape index (κ2) is 4.48. The van der Waals surface area contributed by atoms with Gasteiger partial charge < -0.3 is 10.7 Å². The number of H-pyrrole nitrogens is 1. The standard InChI is InChI=1S/C13H16N2.ClH/c14-11-7-3-1-6-10-9-5-2-4-8-12(9)15-13(10)11;/h1,3,6-7,11,15H,2,4-5,8,14H2;1H. The van der Waals surface area contributed by atoms with Crippen molar-refractivity contribution < 1.29 is 0 Å². The SMILES string of the molecule is Cl.NC1C=CC=Cc2c1[nH]c1c2CCCC1. The number of fused-ring (bicyclic) bond motifs is 3. The highest BCUT2D eigenvalue weighted by atomic mass is 35.5. The molecule has 1 unspecified atom stereocenters. The summed E-state index contributed by atoms with van der Waals surface area (Å²) in [5, 5.41) is 0. The largest absolute Gasteiger partial charge is 0.360 e. The Morgan fingerprint density at radius 3 is 2.88 bits per heavy atom. The van der Waals surface area contributed by atoms with E-state index in [9.17, 15) is 0 Å². The predicted octanol–water partition coefficient (Wildman–Crippen LogP) is 2.90. The van der Waals surface area contributed by atoms with Crippen LogP contribution in [0.25, 0.3) is 6.08 Å². The van der Waals surface area contributed by atoms with Crippen molar-refractivity contribution in [3.8, 4) is 0 Å². The molecule has 0 saturated carbocycles. The first-order valence-corrected chi connectivity index (χ1v) is 5.70. The minimum absolute atomic E-state index is 0. The molecule has 86 valence electrons. The van der Waals surface area contributed by atoms with Gasteiger partial charge >= 0.3 is 0 Å². The molecular weight excluding hydrogens is 220 g/mol. The molecule has 0 aliphatic heterocycles. The van der Waals surface area contributed by atoms with Crippen molar-refractivity contribution in [3.63, 3.8) is 0 Å². The van der Waals surface area contributed by atoms with Gasteiger partial charge in [0.1, 0.15) is 0 Å². The summed E-state index contributed by atoms with van der Waals surface area (Å²) in [6, 6.07) is 0.0283. The maximum atomic E-state index is 6.10. The van der Waals surface area contributed by atoms with Gasteiger partial charge in [0.15, 0.2) is 0 Å². The molecule has 16 heavy (non-hydrogen) atoms. The number of aromatic amines is 1. The summed E-state index contributed by atoms with van der Waals surface area (Å²) in [6.07, 6.45) is 13.4. The lowest BCUT2D eigenvalue weighted by atomic mass is 9.94. The average molecular weight is 237 g/mol. The lowest BCUT2D eigenvalue weighted by molar-refractivity contribution is 0.675. The van der Waals surface area contributed by atoms with E-state index in [1.54, 1.807) is 0 Å². The molecule has 1 aromatic heterocycles. The first-order chi connectivity index (χ1) is 7.36. The van der Waals surface area contributed by atoms with Crippen LogP contribution in [0.1, 0.15) is 41.4 Å². The van der Waals surface area contributed by atoms with Crippen LogP contribution >= 0.6 is 12.4 Å². The Labute approximate surface area is 102 Å². The quantitative estimate of drug-likeness (QED) is 0.715. The van der Waals surface area contributed by atoms with Crippen LogP contribution in [-0.2, 0) is 12.8 Å². The molecule has 3 heteroatoms. The normalized spacial score (nSPS) is 21.9. The minimum Gasteiger partial charge on any atom is -0.360 e. The van der Waals surface area contributed by atoms with Gasteiger partial charge in [-0.2, -0.15) is 0 Å². The average Bonchev–Trinajstić information content (AvgIpc) is 2.54. The molecule has 0 bridgehead atoms. The van der Waals surface area contributed by atoms with Gasteiger partial charge in [-0.15, -0.1) is 12.4 Å². The molecule has 2 nitrogen and oxygen atoms in total. The molecule has 0 aromatic carbocycles. The van der Waals surface area contributed by atoms with Crippen molar-refractivity contribution in [2.75, 3.05) is 0 Å². The van der Waals surface area contributed by atoms with E-state index >= 15 is 0 Å². The zero-order chi connectivity index (χ0) is 10.3. The highest BCUT2D eigenvalue weighted by Gasteiger charge is 2.21. The molecule has 0 saturated heterocycles. The number of nitrogens with two attached hydrogens (primary N) is 1. The van der Waals surface area contributed by atoms with Crippen LogP contribution in [0.5, 0.6) is 0 Å². The monoisotopic (exact) mass is 236 g/mol. The number of halogens is 1. The van der Waals surface area contributed by atoms with E-state index < -0.39 is 0 Å². The van der Waals surface area contributed by atoms with Gasteiger partial charge in [-0.25, -0.2) is 0 Å². The summed E-state index contributed by atoms with van der Waals surface area (Å²) in [5.74, 6) is 0. The zero-order valence-corrected chi connectivity index (χ0v) is 10.0. The Bertz CT molecular complexity index is 443. The summed E-state index contributed by atoms with van der Waals surface area (Å²) in [4.78, 5) is 3.52. The molecule has 2 aliphatic carbocycles. The molecule has 0 fully saturated rings. The highest BCUT2D eigenvalue weighted by Crippen LogP contribution is 2.31. The Balaban J connectivity index is 0.000000963. The molecule has 0 amide bonds. The van der Waals surface area contributed by atoms with E-state index in [0.717, 1.165) is 0 Å². The van der Waals surface area contributed by atoms with Crippen LogP contribution in [0, 0.1) is 0 Å². The third-order valence-electron chi connectivity index (χ3n) is 3.39. The minimum atomic E-state index is 0. The molecular formula is C13H17ClN2. The smallest absolute Gasteiger partial charge is 0.0643 e. The number of hydrogen-bond donors (Lipinski definition) is 2. The summed E-state index contributed by atoms with van der Waals surface area (Å²) < 4.78 is 0. The Hall–Kier alpha value is -0.990. The molecule has 3 N–H and O–H groups in total. The van der Waals surface area contributed by atoms with Gasteiger partial charge in [0.05, 0.1) is 6.04 Å². The number of allylic oxidation sites excluding steroid dienone is 2. The van der Waals surface area contributed by atoms with Crippen LogP contribution in [0.2, 0.25) is 0 Å². The van der Waals surface area contributed by atoms with Gasteiger partial charge in [-0.05, 0) is 31.2 Å². The van der Waals surface area contributed by atoms with Gasteiger partial charge in [-0.3, -0.25) is 0 Å². The lowest BCUT2D eigenvalue weighted by Crippen LogP contribution is -2.08. The molecule has 2 aliphatic rings. The number of aryl methyl sites for hydroxylation is 1. The summed E-state index contributed by atoms with van der Waals surface area (Å²) in [6.45, 7) is 0. The van der Waals surface area contributed by atoms with E-state index in [4.69, 9.17) is 5.73 Å². The molecule has 1 heterocycles. The maximum Gasteiger partial charge on any atom is 0.0643 e. The van der Waals surface area contributed by atoms with Crippen molar-refractivity contribution in [2.24, 2.45) is 5.73 Å². The van der Waals surface area contributed by atoms with E-state index in [-0.39, 0.29) is 18.4 Å². The van der Waals surface area contributed by atoms with E-state index in [0.29, 0.717) is 0 Å². The number of aromatic nitrogens is 1. The van der Waals surface area contributed by atoms with Crippen molar-refractivity contribution in [3.05, 3.63) is 40.7 Å². The summed E-state index contributed by atoms with van der Waals surface area (Å²) in [7, 11) is 0. The molecule has 1 atom stereocenters. The van der Waals surface area contributed by atoms with Gasteiger partial charge in [0, 0.05) is 17.0 Å². The third-order valence-corrected chi connectivity index (χ3v) is 3.39. The number of hydrogen-bond acceptors (Lipinski definition) is 1. The van der Waals surface area contributed by atoms with Crippen LogP contribution in [-0.4, -0.2) is 4.98 Å². The molecule has 0 spiro atoms. The zero-order valence-electron chi connectivity index (χ0n) is 9.20. The highest BCUT2D eigenvalue weighted by molar-refractivity contribution is 5.85. The second-order valence-corrected chi connectivity index (χ2v) is 4.39. The Kier molecular flexibility index (Phi) is 3.22. The Morgan fingerprint density at radius 2 is 2.00 bits per heavy atom. The van der Waals surface area contributed by atoms with Crippen LogP contribution < -0.4 is 5.73 Å². The Morgan fingerprint density at radius 1 is 1.19 bits per heavy atom. The van der Waals surface area contributed by atoms with Crippen LogP contribution in [0.15, 0.2) is 18.2 Å². The lowest BCUT2D eigenvalue weighted by Gasteiger charge is -2.11. The fourth-order valence-electron chi connectivity index (χ4n) is 2.62. The number of rotatable bonds is 0.